The minimum atomic E-state index is -0.810. The molecule has 0 aromatic heterocycles. The van der Waals surface area contributed by atoms with Crippen molar-refractivity contribution >= 4 is 10.8 Å². The van der Waals surface area contributed by atoms with Crippen LogP contribution < -0.4 is 0 Å². The van der Waals surface area contributed by atoms with E-state index in [1.165, 1.54) is 0 Å². The molecule has 0 aliphatic carbocycles. The number of fused-ring (bicyclic) bond motifs is 1. The summed E-state index contributed by atoms with van der Waals surface area (Å²) in [6.07, 6.45) is 0. The molecule has 0 saturated heterocycles. The smallest absolute Gasteiger partial charge is 0.166 e. The maximum atomic E-state index is 13.6. The number of benzene rings is 3. The minimum absolute atomic E-state index is 0.315. The van der Waals surface area contributed by atoms with Gasteiger partial charge in [0.25, 0.3) is 0 Å². The first-order valence-corrected chi connectivity index (χ1v) is 5.69. The Labute approximate surface area is 104 Å². The molecule has 0 atom stereocenters. The van der Waals surface area contributed by atoms with E-state index in [0.29, 0.717) is 10.8 Å². The molecule has 0 saturated carbocycles. The number of hydrogen-bond donors (Lipinski definition) is 0. The van der Waals surface area contributed by atoms with Crippen molar-refractivity contribution in [3.05, 3.63) is 72.3 Å². The molecule has 0 N–H and O–H groups in total. The maximum absolute atomic E-state index is 13.6. The van der Waals surface area contributed by atoms with Gasteiger partial charge in [0.05, 0.1) is 0 Å². The van der Waals surface area contributed by atoms with Gasteiger partial charge in [-0.3, -0.25) is 0 Å². The average Bonchev–Trinajstić information content (AvgIpc) is 2.44. The third-order valence-electron chi connectivity index (χ3n) is 3.01. The van der Waals surface area contributed by atoms with Crippen LogP contribution in [0.25, 0.3) is 21.9 Å². The highest BCUT2D eigenvalue weighted by Crippen LogP contribution is 2.26. The molecule has 0 amide bonds. The molecule has 0 aliphatic rings. The van der Waals surface area contributed by atoms with Crippen LogP contribution in [0.3, 0.4) is 0 Å². The van der Waals surface area contributed by atoms with Crippen molar-refractivity contribution in [1.82, 2.24) is 0 Å². The summed E-state index contributed by atoms with van der Waals surface area (Å²) in [5.74, 6) is -1.60. The van der Waals surface area contributed by atoms with Crippen LogP contribution in [0, 0.1) is 11.6 Å². The number of rotatable bonds is 1. The van der Waals surface area contributed by atoms with E-state index in [-0.39, 0.29) is 0 Å². The molecule has 0 spiro atoms. The molecule has 0 heterocycles. The van der Waals surface area contributed by atoms with Gasteiger partial charge >= 0.3 is 0 Å². The van der Waals surface area contributed by atoms with Crippen LogP contribution in [0.5, 0.6) is 0 Å². The summed E-state index contributed by atoms with van der Waals surface area (Å²) in [5.41, 5.74) is 2.05. The van der Waals surface area contributed by atoms with E-state index in [4.69, 9.17) is 0 Å². The third-order valence-corrected chi connectivity index (χ3v) is 3.01. The lowest BCUT2D eigenvalue weighted by molar-refractivity contribution is 0.517. The highest BCUT2D eigenvalue weighted by molar-refractivity contribution is 5.87. The van der Waals surface area contributed by atoms with Crippen molar-refractivity contribution in [2.24, 2.45) is 0 Å². The normalized spacial score (nSPS) is 10.8. The summed E-state index contributed by atoms with van der Waals surface area (Å²) >= 11 is 0. The monoisotopic (exact) mass is 240 g/mol. The van der Waals surface area contributed by atoms with Crippen molar-refractivity contribution in [2.75, 3.05) is 0 Å². The Hall–Kier alpha value is -2.22. The first-order chi connectivity index (χ1) is 8.75. The fourth-order valence-electron chi connectivity index (χ4n) is 2.08. The molecule has 0 fully saturated rings. The van der Waals surface area contributed by atoms with E-state index in [0.717, 1.165) is 17.2 Å². The van der Waals surface area contributed by atoms with Crippen molar-refractivity contribution in [3.63, 3.8) is 0 Å². The van der Waals surface area contributed by atoms with Crippen LogP contribution in [-0.2, 0) is 0 Å². The average molecular weight is 240 g/mol. The summed E-state index contributed by atoms with van der Waals surface area (Å²) in [4.78, 5) is 0. The molecular formula is C16H10F2. The second-order valence-corrected chi connectivity index (χ2v) is 4.16. The Kier molecular flexibility index (Phi) is 2.56. The van der Waals surface area contributed by atoms with E-state index in [9.17, 15) is 8.78 Å². The number of halogens is 2. The van der Waals surface area contributed by atoms with Gasteiger partial charge in [0.1, 0.15) is 0 Å². The molecule has 0 aliphatic heterocycles. The quantitative estimate of drug-likeness (QED) is 0.574. The number of hydrogen-bond acceptors (Lipinski definition) is 0. The Balaban J connectivity index is 2.21. The van der Waals surface area contributed by atoms with Gasteiger partial charge in [0.15, 0.2) is 11.6 Å². The largest absolute Gasteiger partial charge is 0.204 e. The zero-order valence-corrected chi connectivity index (χ0v) is 9.53. The van der Waals surface area contributed by atoms with Gasteiger partial charge in [-0.2, -0.15) is 0 Å². The molecule has 0 bridgehead atoms. The standard InChI is InChI=1S/C16H10F2/c17-15-9-7-13-10-12(6-8-14(13)16(15)18)11-4-2-1-3-5-11/h1-10H. The highest BCUT2D eigenvalue weighted by atomic mass is 19.2. The molecule has 18 heavy (non-hydrogen) atoms. The van der Waals surface area contributed by atoms with E-state index in [1.807, 2.05) is 36.4 Å². The molecule has 2 heteroatoms. The van der Waals surface area contributed by atoms with Crippen molar-refractivity contribution in [3.8, 4) is 11.1 Å². The SMILES string of the molecule is Fc1ccc2cc(-c3ccccc3)ccc2c1F. The van der Waals surface area contributed by atoms with Crippen molar-refractivity contribution < 1.29 is 8.78 Å². The summed E-state index contributed by atoms with van der Waals surface area (Å²) in [5, 5.41) is 1.02. The Morgan fingerprint density at radius 3 is 2.22 bits per heavy atom. The molecule has 3 aromatic carbocycles. The van der Waals surface area contributed by atoms with E-state index < -0.39 is 11.6 Å². The van der Waals surface area contributed by atoms with Crippen LogP contribution in [0.1, 0.15) is 0 Å². The molecule has 0 unspecified atom stereocenters. The summed E-state index contributed by atoms with van der Waals surface area (Å²) in [7, 11) is 0. The fourth-order valence-corrected chi connectivity index (χ4v) is 2.08. The van der Waals surface area contributed by atoms with Crippen LogP contribution in [0.2, 0.25) is 0 Å². The predicted octanol–water partition coefficient (Wildman–Crippen LogP) is 4.79. The Morgan fingerprint density at radius 1 is 0.667 bits per heavy atom. The van der Waals surface area contributed by atoms with Gasteiger partial charge in [-0.05, 0) is 28.6 Å². The third kappa shape index (κ3) is 1.76. The lowest BCUT2D eigenvalue weighted by Gasteiger charge is -2.05. The highest BCUT2D eigenvalue weighted by Gasteiger charge is 2.07. The van der Waals surface area contributed by atoms with Crippen LogP contribution in [-0.4, -0.2) is 0 Å². The first-order valence-electron chi connectivity index (χ1n) is 5.69. The Morgan fingerprint density at radius 2 is 1.44 bits per heavy atom. The van der Waals surface area contributed by atoms with Crippen LogP contribution >= 0.6 is 0 Å². The predicted molar refractivity (Wildman–Crippen MR) is 69.3 cm³/mol. The second-order valence-electron chi connectivity index (χ2n) is 4.16. The lowest BCUT2D eigenvalue weighted by Crippen LogP contribution is -1.86. The maximum Gasteiger partial charge on any atom is 0.166 e. The molecule has 88 valence electrons. The summed E-state index contributed by atoms with van der Waals surface area (Å²) in [6.45, 7) is 0. The van der Waals surface area contributed by atoms with Gasteiger partial charge in [-0.1, -0.05) is 48.5 Å². The van der Waals surface area contributed by atoms with E-state index >= 15 is 0 Å². The Bertz CT molecular complexity index is 703. The topological polar surface area (TPSA) is 0 Å². The van der Waals surface area contributed by atoms with Crippen LogP contribution in [0.15, 0.2) is 60.7 Å². The molecule has 3 aromatic rings. The first kappa shape index (κ1) is 10.9. The van der Waals surface area contributed by atoms with Gasteiger partial charge < -0.3 is 0 Å². The van der Waals surface area contributed by atoms with E-state index in [1.54, 1.807) is 18.2 Å². The molecule has 0 radical (unpaired) electrons. The minimum Gasteiger partial charge on any atom is -0.204 e. The van der Waals surface area contributed by atoms with Gasteiger partial charge in [-0.25, -0.2) is 8.78 Å². The van der Waals surface area contributed by atoms with Crippen LogP contribution in [0.4, 0.5) is 8.78 Å². The zero-order valence-electron chi connectivity index (χ0n) is 9.53. The summed E-state index contributed by atoms with van der Waals surface area (Å²) < 4.78 is 26.7. The molecule has 0 nitrogen and oxygen atoms in total. The zero-order chi connectivity index (χ0) is 12.5. The lowest BCUT2D eigenvalue weighted by atomic mass is 10.0. The second kappa shape index (κ2) is 4.22. The molecular weight excluding hydrogens is 230 g/mol. The summed E-state index contributed by atoms with van der Waals surface area (Å²) in [6, 6.07) is 17.9. The van der Waals surface area contributed by atoms with Gasteiger partial charge in [0, 0.05) is 5.39 Å². The fraction of sp³-hybridized carbons (Fsp3) is 0. The van der Waals surface area contributed by atoms with Gasteiger partial charge in [0.2, 0.25) is 0 Å². The van der Waals surface area contributed by atoms with Crippen molar-refractivity contribution in [1.29, 1.82) is 0 Å². The molecule has 3 rings (SSSR count). The van der Waals surface area contributed by atoms with E-state index in [2.05, 4.69) is 0 Å². The van der Waals surface area contributed by atoms with Crippen molar-refractivity contribution in [2.45, 2.75) is 0 Å². The van der Waals surface area contributed by atoms with Gasteiger partial charge in [-0.15, -0.1) is 0 Å².